The monoisotopic (exact) mass is 237 g/mol. The molecule has 1 aromatic heterocycles. The van der Waals surface area contributed by atoms with Crippen molar-refractivity contribution in [3.05, 3.63) is 17.8 Å². The van der Waals surface area contributed by atoms with Crippen LogP contribution in [0.25, 0.3) is 0 Å². The molecule has 0 aliphatic heterocycles. The Labute approximate surface area is 101 Å². The summed E-state index contributed by atoms with van der Waals surface area (Å²) in [4.78, 5) is 15.9. The average molecular weight is 237 g/mol. The topological polar surface area (TPSA) is 81.2 Å². The van der Waals surface area contributed by atoms with Gasteiger partial charge in [-0.1, -0.05) is 12.8 Å². The Morgan fingerprint density at radius 2 is 2.35 bits per heavy atom. The molecule has 2 unspecified atom stereocenters. The highest BCUT2D eigenvalue weighted by Gasteiger charge is 2.27. The Morgan fingerprint density at radius 1 is 1.59 bits per heavy atom. The molecule has 1 heterocycles. The van der Waals surface area contributed by atoms with Crippen molar-refractivity contribution in [1.29, 1.82) is 0 Å². The normalized spacial score (nSPS) is 24.6. The lowest BCUT2D eigenvalue weighted by Crippen LogP contribution is -2.44. The Bertz CT molecular complexity index is 389. The van der Waals surface area contributed by atoms with Crippen LogP contribution in [0, 0.1) is 12.8 Å². The maximum absolute atomic E-state index is 12.0. The summed E-state index contributed by atoms with van der Waals surface area (Å²) in [5.41, 5.74) is 6.36. The molecule has 1 fully saturated rings. The van der Waals surface area contributed by atoms with Crippen molar-refractivity contribution in [2.24, 2.45) is 11.7 Å². The van der Waals surface area contributed by atoms with Crippen LogP contribution in [0.15, 0.2) is 10.8 Å². The summed E-state index contributed by atoms with van der Waals surface area (Å²) in [5, 5.41) is 3.01. The van der Waals surface area contributed by atoms with E-state index in [4.69, 9.17) is 10.2 Å². The molecule has 94 valence electrons. The first kappa shape index (κ1) is 12.1. The van der Waals surface area contributed by atoms with Gasteiger partial charge in [0.25, 0.3) is 5.91 Å². The molecule has 1 aromatic rings. The smallest absolute Gasteiger partial charge is 0.289 e. The summed E-state index contributed by atoms with van der Waals surface area (Å²) in [5.74, 6) is 0.521. The minimum atomic E-state index is -0.176. The SMILES string of the molecule is Cc1ncoc1C(=O)NC1CCCCC1CN. The first-order valence-electron chi connectivity index (χ1n) is 6.13. The lowest BCUT2D eigenvalue weighted by molar-refractivity contribution is 0.0879. The van der Waals surface area contributed by atoms with Gasteiger partial charge in [-0.3, -0.25) is 4.79 Å². The number of nitrogens with two attached hydrogens (primary N) is 1. The number of hydrogen-bond acceptors (Lipinski definition) is 4. The highest BCUT2D eigenvalue weighted by atomic mass is 16.3. The van der Waals surface area contributed by atoms with Gasteiger partial charge in [0.15, 0.2) is 6.39 Å². The van der Waals surface area contributed by atoms with Crippen molar-refractivity contribution < 1.29 is 9.21 Å². The first-order valence-corrected chi connectivity index (χ1v) is 6.13. The van der Waals surface area contributed by atoms with Gasteiger partial charge in [-0.2, -0.15) is 0 Å². The van der Waals surface area contributed by atoms with Gasteiger partial charge >= 0.3 is 0 Å². The highest BCUT2D eigenvalue weighted by molar-refractivity contribution is 5.92. The van der Waals surface area contributed by atoms with Gasteiger partial charge in [0.2, 0.25) is 5.76 Å². The van der Waals surface area contributed by atoms with E-state index in [0.717, 1.165) is 19.3 Å². The van der Waals surface area contributed by atoms with Gasteiger partial charge in [0, 0.05) is 6.04 Å². The Hall–Kier alpha value is -1.36. The second kappa shape index (κ2) is 5.31. The van der Waals surface area contributed by atoms with E-state index >= 15 is 0 Å². The van der Waals surface area contributed by atoms with Gasteiger partial charge in [0.05, 0.1) is 5.69 Å². The Balaban J connectivity index is 2.00. The fraction of sp³-hybridized carbons (Fsp3) is 0.667. The third kappa shape index (κ3) is 2.66. The van der Waals surface area contributed by atoms with Gasteiger partial charge in [-0.25, -0.2) is 4.98 Å². The van der Waals surface area contributed by atoms with Crippen molar-refractivity contribution in [2.45, 2.75) is 38.6 Å². The number of oxazole rings is 1. The molecule has 0 radical (unpaired) electrons. The summed E-state index contributed by atoms with van der Waals surface area (Å²) < 4.78 is 5.08. The molecule has 1 saturated carbocycles. The summed E-state index contributed by atoms with van der Waals surface area (Å²) in [6, 6.07) is 0.172. The van der Waals surface area contributed by atoms with E-state index in [1.165, 1.54) is 12.8 Å². The van der Waals surface area contributed by atoms with Crippen LogP contribution >= 0.6 is 0 Å². The van der Waals surface area contributed by atoms with Gasteiger partial charge in [-0.15, -0.1) is 0 Å². The quantitative estimate of drug-likeness (QED) is 0.828. The molecule has 3 N–H and O–H groups in total. The van der Waals surface area contributed by atoms with Crippen LogP contribution in [0.1, 0.15) is 41.9 Å². The Morgan fingerprint density at radius 3 is 3.00 bits per heavy atom. The van der Waals surface area contributed by atoms with Crippen LogP contribution in [-0.2, 0) is 0 Å². The van der Waals surface area contributed by atoms with E-state index in [9.17, 15) is 4.79 Å². The minimum absolute atomic E-state index is 0.172. The molecule has 0 aromatic carbocycles. The van der Waals surface area contributed by atoms with Gasteiger partial charge < -0.3 is 15.5 Å². The first-order chi connectivity index (χ1) is 8.22. The third-order valence-corrected chi connectivity index (χ3v) is 3.48. The van der Waals surface area contributed by atoms with E-state index in [0.29, 0.717) is 23.9 Å². The number of hydrogen-bond donors (Lipinski definition) is 2. The lowest BCUT2D eigenvalue weighted by atomic mass is 9.84. The summed E-state index contributed by atoms with van der Waals surface area (Å²) in [6.07, 6.45) is 5.75. The van der Waals surface area contributed by atoms with Crippen molar-refractivity contribution in [3.8, 4) is 0 Å². The number of nitrogens with zero attached hydrogens (tertiary/aromatic N) is 1. The number of aryl methyl sites for hydroxylation is 1. The second-order valence-corrected chi connectivity index (χ2v) is 4.63. The summed E-state index contributed by atoms with van der Waals surface area (Å²) in [7, 11) is 0. The van der Waals surface area contributed by atoms with Crippen LogP contribution in [0.3, 0.4) is 0 Å². The van der Waals surface area contributed by atoms with E-state index in [1.807, 2.05) is 0 Å². The van der Waals surface area contributed by atoms with Crippen molar-refractivity contribution in [2.75, 3.05) is 6.54 Å². The van der Waals surface area contributed by atoms with Crippen LogP contribution in [-0.4, -0.2) is 23.5 Å². The number of amides is 1. The fourth-order valence-corrected chi connectivity index (χ4v) is 2.43. The highest BCUT2D eigenvalue weighted by Crippen LogP contribution is 2.23. The van der Waals surface area contributed by atoms with E-state index in [2.05, 4.69) is 10.3 Å². The standard InChI is InChI=1S/C12H19N3O2/c1-8-11(17-7-14-8)12(16)15-10-5-3-2-4-9(10)6-13/h7,9-10H,2-6,13H2,1H3,(H,15,16). The van der Waals surface area contributed by atoms with Crippen LogP contribution in [0.5, 0.6) is 0 Å². The van der Waals surface area contributed by atoms with E-state index in [1.54, 1.807) is 6.92 Å². The molecular weight excluding hydrogens is 218 g/mol. The minimum Gasteiger partial charge on any atom is -0.438 e. The number of rotatable bonds is 3. The molecule has 17 heavy (non-hydrogen) atoms. The zero-order valence-corrected chi connectivity index (χ0v) is 10.1. The van der Waals surface area contributed by atoms with Crippen molar-refractivity contribution >= 4 is 5.91 Å². The molecule has 2 rings (SSSR count). The second-order valence-electron chi connectivity index (χ2n) is 4.63. The van der Waals surface area contributed by atoms with E-state index < -0.39 is 0 Å². The van der Waals surface area contributed by atoms with Crippen molar-refractivity contribution in [3.63, 3.8) is 0 Å². The average Bonchev–Trinajstić information content (AvgIpc) is 2.76. The van der Waals surface area contributed by atoms with Crippen LogP contribution in [0.4, 0.5) is 0 Å². The van der Waals surface area contributed by atoms with Gasteiger partial charge in [-0.05, 0) is 32.2 Å². The fourth-order valence-electron chi connectivity index (χ4n) is 2.43. The Kier molecular flexibility index (Phi) is 3.78. The zero-order chi connectivity index (χ0) is 12.3. The van der Waals surface area contributed by atoms with Gasteiger partial charge in [0.1, 0.15) is 0 Å². The third-order valence-electron chi connectivity index (χ3n) is 3.48. The number of carbonyl (C=O) groups is 1. The predicted octanol–water partition coefficient (Wildman–Crippen LogP) is 1.23. The predicted molar refractivity (Wildman–Crippen MR) is 63.5 cm³/mol. The number of carbonyl (C=O) groups excluding carboxylic acids is 1. The molecule has 0 saturated heterocycles. The molecule has 1 aliphatic carbocycles. The molecular formula is C12H19N3O2. The maximum Gasteiger partial charge on any atom is 0.289 e. The molecule has 5 nitrogen and oxygen atoms in total. The lowest BCUT2D eigenvalue weighted by Gasteiger charge is -2.30. The van der Waals surface area contributed by atoms with Crippen LogP contribution < -0.4 is 11.1 Å². The number of aromatic nitrogens is 1. The molecule has 0 bridgehead atoms. The molecule has 2 atom stereocenters. The van der Waals surface area contributed by atoms with Crippen molar-refractivity contribution in [1.82, 2.24) is 10.3 Å². The summed E-state index contributed by atoms with van der Waals surface area (Å²) in [6.45, 7) is 2.39. The van der Waals surface area contributed by atoms with E-state index in [-0.39, 0.29) is 11.9 Å². The number of nitrogens with one attached hydrogen (secondary N) is 1. The summed E-state index contributed by atoms with van der Waals surface area (Å²) >= 11 is 0. The molecule has 5 heteroatoms. The largest absolute Gasteiger partial charge is 0.438 e. The maximum atomic E-state index is 12.0. The zero-order valence-electron chi connectivity index (χ0n) is 10.1. The van der Waals surface area contributed by atoms with Crippen LogP contribution in [0.2, 0.25) is 0 Å². The molecule has 1 aliphatic rings. The molecule has 1 amide bonds. The molecule has 0 spiro atoms.